The van der Waals surface area contributed by atoms with Crippen molar-refractivity contribution in [3.8, 4) is 0 Å². The summed E-state index contributed by atoms with van der Waals surface area (Å²) in [5.74, 6) is 0. The lowest BCUT2D eigenvalue weighted by Crippen LogP contribution is -2.41. The second kappa shape index (κ2) is 5.13. The zero-order valence-corrected chi connectivity index (χ0v) is 10.9. The number of hydrogen-bond acceptors (Lipinski definition) is 2. The maximum atomic E-state index is 12.4. The fourth-order valence-corrected chi connectivity index (χ4v) is 2.25. The summed E-state index contributed by atoms with van der Waals surface area (Å²) in [7, 11) is 0. The summed E-state index contributed by atoms with van der Waals surface area (Å²) in [4.78, 5) is 2.15. The van der Waals surface area contributed by atoms with Gasteiger partial charge in [-0.2, -0.15) is 13.2 Å². The lowest BCUT2D eigenvalue weighted by atomic mass is 9.93. The number of nitrogens with zero attached hydrogens (tertiary/aromatic N) is 1. The Morgan fingerprint density at radius 3 is 2.16 bits per heavy atom. The van der Waals surface area contributed by atoms with E-state index in [4.69, 9.17) is 0 Å². The summed E-state index contributed by atoms with van der Waals surface area (Å²) in [6.07, 6.45) is -2.87. The van der Waals surface area contributed by atoms with Gasteiger partial charge in [0.25, 0.3) is 0 Å². The molecule has 2 nitrogen and oxygen atoms in total. The molecule has 1 aliphatic heterocycles. The molecule has 1 aliphatic rings. The van der Waals surface area contributed by atoms with Gasteiger partial charge in [-0.05, 0) is 37.5 Å². The Morgan fingerprint density at radius 1 is 1.16 bits per heavy atom. The van der Waals surface area contributed by atoms with E-state index in [0.717, 1.165) is 30.8 Å². The highest BCUT2D eigenvalue weighted by molar-refractivity contribution is 5.24. The van der Waals surface area contributed by atoms with Crippen LogP contribution in [0.1, 0.15) is 30.9 Å². The van der Waals surface area contributed by atoms with Gasteiger partial charge in [0.2, 0.25) is 0 Å². The molecule has 1 N–H and O–H groups in total. The Bertz CT molecular complexity index is 415. The first-order chi connectivity index (χ1) is 8.76. The van der Waals surface area contributed by atoms with Gasteiger partial charge in [0.05, 0.1) is 11.2 Å². The lowest BCUT2D eigenvalue weighted by Gasteiger charge is -2.35. The highest BCUT2D eigenvalue weighted by Gasteiger charge is 2.30. The molecular weight excluding hydrogens is 255 g/mol. The summed E-state index contributed by atoms with van der Waals surface area (Å²) < 4.78 is 37.3. The fraction of sp³-hybridized carbons (Fsp3) is 0.571. The van der Waals surface area contributed by atoms with Crippen LogP contribution in [0.15, 0.2) is 24.3 Å². The summed E-state index contributed by atoms with van der Waals surface area (Å²) >= 11 is 0. The molecule has 0 saturated carbocycles. The molecule has 0 aromatic heterocycles. The van der Waals surface area contributed by atoms with Crippen LogP contribution >= 0.6 is 0 Å². The first-order valence-electron chi connectivity index (χ1n) is 6.37. The zero-order valence-electron chi connectivity index (χ0n) is 10.9. The first kappa shape index (κ1) is 14.3. The van der Waals surface area contributed by atoms with Crippen molar-refractivity contribution in [2.75, 3.05) is 13.1 Å². The lowest BCUT2D eigenvalue weighted by molar-refractivity contribution is -0.137. The van der Waals surface area contributed by atoms with Gasteiger partial charge >= 0.3 is 6.18 Å². The quantitative estimate of drug-likeness (QED) is 0.895. The van der Waals surface area contributed by atoms with Crippen LogP contribution < -0.4 is 0 Å². The van der Waals surface area contributed by atoms with E-state index in [2.05, 4.69) is 4.90 Å². The highest BCUT2D eigenvalue weighted by atomic mass is 19.4. The SMILES string of the molecule is CC1(O)CCN(Cc2ccc(C(F)(F)F)cc2)CC1. The predicted octanol–water partition coefficient (Wildman–Crippen LogP) is 3.05. The molecule has 0 bridgehead atoms. The average molecular weight is 273 g/mol. The second-order valence-electron chi connectivity index (χ2n) is 5.47. The molecule has 5 heteroatoms. The number of piperidine rings is 1. The molecule has 106 valence electrons. The van der Waals surface area contributed by atoms with E-state index in [1.807, 2.05) is 6.92 Å². The third-order valence-electron chi connectivity index (χ3n) is 3.62. The molecule has 1 aromatic rings. The van der Waals surface area contributed by atoms with Crippen molar-refractivity contribution in [3.63, 3.8) is 0 Å². The summed E-state index contributed by atoms with van der Waals surface area (Å²) in [6.45, 7) is 4.00. The molecule has 0 radical (unpaired) electrons. The molecule has 0 aliphatic carbocycles. The van der Waals surface area contributed by atoms with E-state index in [1.165, 1.54) is 12.1 Å². The van der Waals surface area contributed by atoms with Crippen LogP contribution in [0.5, 0.6) is 0 Å². The van der Waals surface area contributed by atoms with Crippen LogP contribution in [0.3, 0.4) is 0 Å². The van der Waals surface area contributed by atoms with Crippen LogP contribution in [0.25, 0.3) is 0 Å². The van der Waals surface area contributed by atoms with E-state index in [9.17, 15) is 18.3 Å². The Morgan fingerprint density at radius 2 is 1.68 bits per heavy atom. The van der Waals surface area contributed by atoms with Crippen LogP contribution in [-0.2, 0) is 12.7 Å². The van der Waals surface area contributed by atoms with Crippen molar-refractivity contribution in [1.82, 2.24) is 4.90 Å². The Hall–Kier alpha value is -1.07. The van der Waals surface area contributed by atoms with Gasteiger partial charge in [-0.3, -0.25) is 4.90 Å². The maximum Gasteiger partial charge on any atom is 0.416 e. The average Bonchev–Trinajstić information content (AvgIpc) is 2.31. The van der Waals surface area contributed by atoms with Gasteiger partial charge < -0.3 is 5.11 Å². The smallest absolute Gasteiger partial charge is 0.390 e. The van der Waals surface area contributed by atoms with E-state index in [1.54, 1.807) is 0 Å². The monoisotopic (exact) mass is 273 g/mol. The molecule has 2 rings (SSSR count). The van der Waals surface area contributed by atoms with Gasteiger partial charge in [-0.25, -0.2) is 0 Å². The van der Waals surface area contributed by atoms with Crippen LogP contribution in [-0.4, -0.2) is 28.7 Å². The molecule has 1 fully saturated rings. The van der Waals surface area contributed by atoms with Crippen molar-refractivity contribution >= 4 is 0 Å². The number of hydrogen-bond donors (Lipinski definition) is 1. The molecular formula is C14H18F3NO. The van der Waals surface area contributed by atoms with Gasteiger partial charge in [-0.1, -0.05) is 12.1 Å². The third kappa shape index (κ3) is 3.94. The van der Waals surface area contributed by atoms with Gasteiger partial charge in [0.15, 0.2) is 0 Å². The van der Waals surface area contributed by atoms with E-state index in [-0.39, 0.29) is 0 Å². The molecule has 0 spiro atoms. The van der Waals surface area contributed by atoms with Crippen molar-refractivity contribution in [2.24, 2.45) is 0 Å². The molecule has 1 aromatic carbocycles. The van der Waals surface area contributed by atoms with Crippen LogP contribution in [0, 0.1) is 0 Å². The number of benzene rings is 1. The summed E-state index contributed by atoms with van der Waals surface area (Å²) in [5.41, 5.74) is -0.344. The largest absolute Gasteiger partial charge is 0.416 e. The second-order valence-corrected chi connectivity index (χ2v) is 5.47. The van der Waals surface area contributed by atoms with Gasteiger partial charge in [-0.15, -0.1) is 0 Å². The molecule has 1 heterocycles. The van der Waals surface area contributed by atoms with Crippen molar-refractivity contribution in [1.29, 1.82) is 0 Å². The van der Waals surface area contributed by atoms with E-state index < -0.39 is 17.3 Å². The van der Waals surface area contributed by atoms with E-state index >= 15 is 0 Å². The van der Waals surface area contributed by atoms with Crippen molar-refractivity contribution in [2.45, 2.75) is 38.1 Å². The minimum absolute atomic E-state index is 0.601. The van der Waals surface area contributed by atoms with Crippen LogP contribution in [0.4, 0.5) is 13.2 Å². The number of aliphatic hydroxyl groups is 1. The fourth-order valence-electron chi connectivity index (χ4n) is 2.25. The van der Waals surface area contributed by atoms with Crippen molar-refractivity contribution < 1.29 is 18.3 Å². The van der Waals surface area contributed by atoms with E-state index in [0.29, 0.717) is 19.4 Å². The Labute approximate surface area is 110 Å². The molecule has 0 amide bonds. The Kier molecular flexibility index (Phi) is 3.87. The predicted molar refractivity (Wildman–Crippen MR) is 66.6 cm³/mol. The molecule has 19 heavy (non-hydrogen) atoms. The number of halogens is 3. The number of rotatable bonds is 2. The highest BCUT2D eigenvalue weighted by Crippen LogP contribution is 2.29. The maximum absolute atomic E-state index is 12.4. The van der Waals surface area contributed by atoms with Crippen LogP contribution in [0.2, 0.25) is 0 Å². The minimum Gasteiger partial charge on any atom is -0.390 e. The normalized spacial score (nSPS) is 20.5. The molecule has 0 atom stereocenters. The topological polar surface area (TPSA) is 23.5 Å². The Balaban J connectivity index is 1.94. The summed E-state index contributed by atoms with van der Waals surface area (Å²) in [5, 5.41) is 9.83. The van der Waals surface area contributed by atoms with Crippen molar-refractivity contribution in [3.05, 3.63) is 35.4 Å². The van der Waals surface area contributed by atoms with Gasteiger partial charge in [0, 0.05) is 19.6 Å². The minimum atomic E-state index is -4.28. The summed E-state index contributed by atoms with van der Waals surface area (Å²) in [6, 6.07) is 5.29. The standard InChI is InChI=1S/C14H18F3NO/c1-13(19)6-8-18(9-7-13)10-11-2-4-12(5-3-11)14(15,16)17/h2-5,19H,6-10H2,1H3. The molecule has 0 unspecified atom stereocenters. The zero-order chi connectivity index (χ0) is 14.1. The number of alkyl halides is 3. The molecule has 1 saturated heterocycles. The van der Waals surface area contributed by atoms with Gasteiger partial charge in [0.1, 0.15) is 0 Å². The third-order valence-corrected chi connectivity index (χ3v) is 3.62. The number of likely N-dealkylation sites (tertiary alicyclic amines) is 1. The first-order valence-corrected chi connectivity index (χ1v) is 6.37.